The van der Waals surface area contributed by atoms with Crippen molar-refractivity contribution in [2.75, 3.05) is 11.9 Å². The van der Waals surface area contributed by atoms with Gasteiger partial charge in [0, 0.05) is 12.7 Å². The van der Waals surface area contributed by atoms with Crippen LogP contribution in [0.25, 0.3) is 0 Å². The Hall–Kier alpha value is -1.60. The lowest BCUT2D eigenvalue weighted by molar-refractivity contribution is 0.123. The first-order chi connectivity index (χ1) is 8.29. The van der Waals surface area contributed by atoms with E-state index in [4.69, 9.17) is 5.26 Å². The molecule has 0 saturated heterocycles. The summed E-state index contributed by atoms with van der Waals surface area (Å²) in [5, 5.41) is 21.7. The topological polar surface area (TPSA) is 68.9 Å². The fourth-order valence-corrected chi connectivity index (χ4v) is 2.28. The number of aliphatic hydroxyl groups is 1. The quantitative estimate of drug-likeness (QED) is 0.830. The second-order valence-corrected chi connectivity index (χ2v) is 4.54. The molecule has 0 aliphatic heterocycles. The number of hydrogen-bond acceptors (Lipinski definition) is 4. The highest BCUT2D eigenvalue weighted by Crippen LogP contribution is 2.27. The zero-order valence-electron chi connectivity index (χ0n) is 9.76. The molecule has 1 aliphatic rings. The minimum atomic E-state index is -0.296. The number of hydrogen-bond donors (Lipinski definition) is 2. The van der Waals surface area contributed by atoms with Crippen molar-refractivity contribution in [1.29, 1.82) is 5.26 Å². The largest absolute Gasteiger partial charge is 0.391 e. The summed E-state index contributed by atoms with van der Waals surface area (Å²) < 4.78 is 0. The molecule has 1 heterocycles. The lowest BCUT2D eigenvalue weighted by Crippen LogP contribution is -2.26. The summed E-state index contributed by atoms with van der Waals surface area (Å²) in [5.41, 5.74) is 0.548. The predicted octanol–water partition coefficient (Wildman–Crippen LogP) is 1.92. The van der Waals surface area contributed by atoms with Crippen LogP contribution in [0.15, 0.2) is 18.3 Å². The summed E-state index contributed by atoms with van der Waals surface area (Å²) in [6.07, 6.45) is 5.96. The molecule has 1 unspecified atom stereocenters. The highest BCUT2D eigenvalue weighted by atomic mass is 16.3. The lowest BCUT2D eigenvalue weighted by atomic mass is 10.0. The normalized spacial score (nSPS) is 17.6. The molecule has 1 aliphatic carbocycles. The first-order valence-electron chi connectivity index (χ1n) is 6.07. The van der Waals surface area contributed by atoms with Gasteiger partial charge in [-0.2, -0.15) is 5.26 Å². The monoisotopic (exact) mass is 231 g/mol. The van der Waals surface area contributed by atoms with Crippen molar-refractivity contribution in [2.45, 2.75) is 31.8 Å². The van der Waals surface area contributed by atoms with Crippen molar-refractivity contribution in [3.05, 3.63) is 23.9 Å². The third kappa shape index (κ3) is 3.18. The molecular weight excluding hydrogens is 214 g/mol. The third-order valence-electron chi connectivity index (χ3n) is 3.33. The molecule has 0 amide bonds. The van der Waals surface area contributed by atoms with Crippen LogP contribution in [0, 0.1) is 17.2 Å². The number of anilines is 1. The molecule has 90 valence electrons. The van der Waals surface area contributed by atoms with Gasteiger partial charge >= 0.3 is 0 Å². The van der Waals surface area contributed by atoms with Gasteiger partial charge in [0.15, 0.2) is 0 Å². The maximum atomic E-state index is 9.97. The van der Waals surface area contributed by atoms with Gasteiger partial charge in [0.1, 0.15) is 11.9 Å². The van der Waals surface area contributed by atoms with Gasteiger partial charge in [-0.3, -0.25) is 0 Å². The van der Waals surface area contributed by atoms with Gasteiger partial charge in [-0.25, -0.2) is 4.98 Å². The van der Waals surface area contributed by atoms with E-state index in [1.165, 1.54) is 19.0 Å². The van der Waals surface area contributed by atoms with Crippen LogP contribution in [0.4, 0.5) is 5.82 Å². The molecule has 2 rings (SSSR count). The minimum Gasteiger partial charge on any atom is -0.391 e. The van der Waals surface area contributed by atoms with Crippen molar-refractivity contribution in [1.82, 2.24) is 4.98 Å². The second-order valence-electron chi connectivity index (χ2n) is 4.54. The Kier molecular flexibility index (Phi) is 3.94. The Bertz CT molecular complexity index is 390. The van der Waals surface area contributed by atoms with E-state index in [9.17, 15) is 5.11 Å². The molecule has 0 spiro atoms. The van der Waals surface area contributed by atoms with Gasteiger partial charge in [-0.15, -0.1) is 0 Å². The maximum absolute atomic E-state index is 9.97. The van der Waals surface area contributed by atoms with Crippen LogP contribution >= 0.6 is 0 Å². The summed E-state index contributed by atoms with van der Waals surface area (Å²) in [6.45, 7) is 0.531. The Morgan fingerprint density at radius 2 is 2.24 bits per heavy atom. The zero-order valence-corrected chi connectivity index (χ0v) is 9.76. The smallest absolute Gasteiger partial charge is 0.126 e. The molecule has 0 radical (unpaired) electrons. The molecule has 1 atom stereocenters. The summed E-state index contributed by atoms with van der Waals surface area (Å²) >= 11 is 0. The summed E-state index contributed by atoms with van der Waals surface area (Å²) in [7, 11) is 0. The highest BCUT2D eigenvalue weighted by Gasteiger charge is 2.22. The van der Waals surface area contributed by atoms with Gasteiger partial charge in [0.25, 0.3) is 0 Å². The number of nitrogens with one attached hydrogen (secondary N) is 1. The molecule has 17 heavy (non-hydrogen) atoms. The van der Waals surface area contributed by atoms with E-state index in [1.807, 2.05) is 6.07 Å². The standard InChI is InChI=1S/C13H17N3O/c14-7-10-5-6-13(15-8-10)16-9-12(17)11-3-1-2-4-11/h5-6,8,11-12,17H,1-4,9H2,(H,15,16). The summed E-state index contributed by atoms with van der Waals surface area (Å²) in [5.74, 6) is 1.14. The molecule has 1 aromatic heterocycles. The van der Waals surface area contributed by atoms with Crippen molar-refractivity contribution in [3.8, 4) is 6.07 Å². The number of nitrogens with zero attached hydrogens (tertiary/aromatic N) is 2. The third-order valence-corrected chi connectivity index (χ3v) is 3.33. The Morgan fingerprint density at radius 1 is 1.47 bits per heavy atom. The molecule has 1 fully saturated rings. The van der Waals surface area contributed by atoms with Crippen molar-refractivity contribution >= 4 is 5.82 Å². The van der Waals surface area contributed by atoms with Gasteiger partial charge in [-0.1, -0.05) is 12.8 Å². The van der Waals surface area contributed by atoms with Crippen LogP contribution in [0.1, 0.15) is 31.2 Å². The summed E-state index contributed by atoms with van der Waals surface area (Å²) in [4.78, 5) is 4.10. The van der Waals surface area contributed by atoms with Crippen molar-refractivity contribution in [3.63, 3.8) is 0 Å². The number of pyridine rings is 1. The van der Waals surface area contributed by atoms with E-state index in [2.05, 4.69) is 10.3 Å². The molecule has 1 aromatic rings. The van der Waals surface area contributed by atoms with Gasteiger partial charge in [0.2, 0.25) is 0 Å². The van der Waals surface area contributed by atoms with Crippen LogP contribution in [0.2, 0.25) is 0 Å². The van der Waals surface area contributed by atoms with Crippen molar-refractivity contribution < 1.29 is 5.11 Å². The Labute approximate surface area is 101 Å². The van der Waals surface area contributed by atoms with Crippen LogP contribution in [-0.4, -0.2) is 22.7 Å². The number of nitriles is 1. The molecule has 0 aromatic carbocycles. The highest BCUT2D eigenvalue weighted by molar-refractivity contribution is 5.38. The molecule has 4 heteroatoms. The number of aromatic nitrogens is 1. The molecular formula is C13H17N3O. The molecule has 1 saturated carbocycles. The maximum Gasteiger partial charge on any atom is 0.126 e. The molecule has 4 nitrogen and oxygen atoms in total. The number of aliphatic hydroxyl groups excluding tert-OH is 1. The van der Waals surface area contributed by atoms with Crippen LogP contribution in [-0.2, 0) is 0 Å². The minimum absolute atomic E-state index is 0.296. The number of rotatable bonds is 4. The van der Waals surface area contributed by atoms with Gasteiger partial charge in [-0.05, 0) is 30.9 Å². The summed E-state index contributed by atoms with van der Waals surface area (Å²) in [6, 6.07) is 5.51. The van der Waals surface area contributed by atoms with Crippen LogP contribution in [0.3, 0.4) is 0 Å². The van der Waals surface area contributed by atoms with E-state index in [0.29, 0.717) is 23.8 Å². The van der Waals surface area contributed by atoms with E-state index in [-0.39, 0.29) is 6.10 Å². The zero-order chi connectivity index (χ0) is 12.1. The fourth-order valence-electron chi connectivity index (χ4n) is 2.28. The fraction of sp³-hybridized carbons (Fsp3) is 0.538. The average Bonchev–Trinajstić information content (AvgIpc) is 2.90. The van der Waals surface area contributed by atoms with Gasteiger partial charge < -0.3 is 10.4 Å². The Morgan fingerprint density at radius 3 is 2.82 bits per heavy atom. The SMILES string of the molecule is N#Cc1ccc(NCC(O)C2CCCC2)nc1. The van der Waals surface area contributed by atoms with E-state index in [1.54, 1.807) is 12.1 Å². The lowest BCUT2D eigenvalue weighted by Gasteiger charge is -2.18. The average molecular weight is 231 g/mol. The first kappa shape index (κ1) is 11.9. The van der Waals surface area contributed by atoms with Crippen molar-refractivity contribution in [2.24, 2.45) is 5.92 Å². The first-order valence-corrected chi connectivity index (χ1v) is 6.07. The van der Waals surface area contributed by atoms with E-state index >= 15 is 0 Å². The van der Waals surface area contributed by atoms with E-state index in [0.717, 1.165) is 12.8 Å². The van der Waals surface area contributed by atoms with Crippen LogP contribution in [0.5, 0.6) is 0 Å². The van der Waals surface area contributed by atoms with E-state index < -0.39 is 0 Å². The Balaban J connectivity index is 1.82. The van der Waals surface area contributed by atoms with Gasteiger partial charge in [0.05, 0.1) is 11.7 Å². The molecule has 0 bridgehead atoms. The second kappa shape index (κ2) is 5.65. The predicted molar refractivity (Wildman–Crippen MR) is 65.4 cm³/mol. The van der Waals surface area contributed by atoms with Crippen LogP contribution < -0.4 is 5.32 Å². The molecule has 2 N–H and O–H groups in total.